The summed E-state index contributed by atoms with van der Waals surface area (Å²) in [5.41, 5.74) is 11.5. The lowest BCUT2D eigenvalue weighted by molar-refractivity contribution is 0.673. The van der Waals surface area contributed by atoms with Crippen LogP contribution in [0.1, 0.15) is 0 Å². The van der Waals surface area contributed by atoms with Crippen molar-refractivity contribution in [2.75, 3.05) is 0 Å². The number of furan rings is 1. The number of hydrogen-bond acceptors (Lipinski definition) is 1. The molecule has 9 aromatic carbocycles. The molecule has 0 unspecified atom stereocenters. The van der Waals surface area contributed by atoms with Crippen molar-refractivity contribution in [3.63, 3.8) is 0 Å². The zero-order valence-electron chi connectivity index (χ0n) is 26.7. The van der Waals surface area contributed by atoms with Crippen LogP contribution in [0.25, 0.3) is 98.8 Å². The van der Waals surface area contributed by atoms with Crippen LogP contribution in [0.5, 0.6) is 0 Å². The maximum atomic E-state index is 6.68. The molecule has 0 bridgehead atoms. The van der Waals surface area contributed by atoms with Crippen LogP contribution in [0.4, 0.5) is 0 Å². The van der Waals surface area contributed by atoms with Gasteiger partial charge >= 0.3 is 0 Å². The summed E-state index contributed by atoms with van der Waals surface area (Å²) in [5, 5.41) is 9.53. The summed E-state index contributed by atoms with van der Waals surface area (Å²) in [6.45, 7) is 0. The third kappa shape index (κ3) is 4.40. The molecular weight excluding hydrogens is 593 g/mol. The molecule has 0 N–H and O–H groups in total. The highest BCUT2D eigenvalue weighted by Gasteiger charge is 2.21. The summed E-state index contributed by atoms with van der Waals surface area (Å²) in [5.74, 6) is 0. The fourth-order valence-electron chi connectivity index (χ4n) is 7.84. The molecule has 49 heavy (non-hydrogen) atoms. The van der Waals surface area contributed by atoms with Crippen LogP contribution >= 0.6 is 0 Å². The SMILES string of the molecule is c1ccc(-c2cccc(-c3c4ccccc4c(-c4cccc5oc6c7ccccc7ccc6c45)c4ccc(-c5ccccc5)cc34)c2)cc1. The Balaban J connectivity index is 1.34. The van der Waals surface area contributed by atoms with Gasteiger partial charge in [0.2, 0.25) is 0 Å². The van der Waals surface area contributed by atoms with Gasteiger partial charge in [0.1, 0.15) is 11.2 Å². The van der Waals surface area contributed by atoms with Crippen LogP contribution < -0.4 is 0 Å². The van der Waals surface area contributed by atoms with E-state index in [1.807, 2.05) is 0 Å². The Morgan fingerprint density at radius 3 is 1.65 bits per heavy atom. The van der Waals surface area contributed by atoms with Crippen LogP contribution in [-0.2, 0) is 0 Å². The van der Waals surface area contributed by atoms with Gasteiger partial charge in [-0.15, -0.1) is 0 Å². The van der Waals surface area contributed by atoms with Crippen molar-refractivity contribution in [3.8, 4) is 44.5 Å². The van der Waals surface area contributed by atoms with E-state index < -0.39 is 0 Å². The summed E-state index contributed by atoms with van der Waals surface area (Å²) in [6, 6.07) is 65.7. The third-order valence-corrected chi connectivity index (χ3v) is 10.0. The number of rotatable bonds is 4. The minimum Gasteiger partial charge on any atom is -0.455 e. The van der Waals surface area contributed by atoms with Gasteiger partial charge in [-0.05, 0) is 95.7 Å². The Labute approximate surface area is 284 Å². The second-order valence-corrected chi connectivity index (χ2v) is 12.8. The molecule has 10 rings (SSSR count). The normalized spacial score (nSPS) is 11.7. The molecule has 10 aromatic rings. The molecule has 1 nitrogen and oxygen atoms in total. The van der Waals surface area contributed by atoms with Crippen LogP contribution in [0, 0.1) is 0 Å². The smallest absolute Gasteiger partial charge is 0.143 e. The first kappa shape index (κ1) is 27.7. The topological polar surface area (TPSA) is 13.1 Å². The van der Waals surface area contributed by atoms with E-state index in [0.717, 1.165) is 27.3 Å². The zero-order chi connectivity index (χ0) is 32.3. The average molecular weight is 623 g/mol. The number of fused-ring (bicyclic) bond motifs is 7. The van der Waals surface area contributed by atoms with E-state index in [1.165, 1.54) is 71.4 Å². The molecule has 0 amide bonds. The van der Waals surface area contributed by atoms with Gasteiger partial charge < -0.3 is 4.42 Å². The largest absolute Gasteiger partial charge is 0.455 e. The molecule has 0 aliphatic rings. The molecule has 0 aliphatic carbocycles. The molecule has 0 radical (unpaired) electrons. The van der Waals surface area contributed by atoms with Crippen molar-refractivity contribution in [2.24, 2.45) is 0 Å². The van der Waals surface area contributed by atoms with Crippen molar-refractivity contribution in [1.29, 1.82) is 0 Å². The van der Waals surface area contributed by atoms with Crippen molar-refractivity contribution >= 4 is 54.3 Å². The second-order valence-electron chi connectivity index (χ2n) is 12.8. The molecule has 228 valence electrons. The van der Waals surface area contributed by atoms with Gasteiger partial charge in [0, 0.05) is 16.2 Å². The first-order valence-electron chi connectivity index (χ1n) is 16.8. The molecule has 1 aromatic heterocycles. The highest BCUT2D eigenvalue weighted by molar-refractivity contribution is 6.27. The number of hydrogen-bond donors (Lipinski definition) is 0. The van der Waals surface area contributed by atoms with Gasteiger partial charge in [0.15, 0.2) is 0 Å². The van der Waals surface area contributed by atoms with E-state index in [0.29, 0.717) is 0 Å². The summed E-state index contributed by atoms with van der Waals surface area (Å²) in [6.07, 6.45) is 0. The lowest BCUT2D eigenvalue weighted by Crippen LogP contribution is -1.92. The minimum absolute atomic E-state index is 0.904. The number of benzene rings is 9. The predicted molar refractivity (Wildman–Crippen MR) is 208 cm³/mol. The fourth-order valence-corrected chi connectivity index (χ4v) is 7.84. The highest BCUT2D eigenvalue weighted by Crippen LogP contribution is 2.48. The zero-order valence-corrected chi connectivity index (χ0v) is 26.7. The van der Waals surface area contributed by atoms with Gasteiger partial charge in [-0.3, -0.25) is 0 Å². The summed E-state index contributed by atoms with van der Waals surface area (Å²) in [7, 11) is 0. The maximum Gasteiger partial charge on any atom is 0.143 e. The van der Waals surface area contributed by atoms with Crippen molar-refractivity contribution < 1.29 is 4.42 Å². The van der Waals surface area contributed by atoms with Crippen LogP contribution in [0.2, 0.25) is 0 Å². The van der Waals surface area contributed by atoms with Gasteiger partial charge in [-0.25, -0.2) is 0 Å². The van der Waals surface area contributed by atoms with Crippen molar-refractivity contribution in [2.45, 2.75) is 0 Å². The standard InChI is InChI=1S/C48H30O/c1-3-13-31(14-4-1)34-18-11-19-36(29-34)45-38-21-9-10-22-39(38)46(40-27-26-35(30-43(40)45)32-15-5-2-6-16-32)41-23-12-24-44-47(41)42-28-25-33-17-7-8-20-37(33)48(42)49-44/h1-30H. The predicted octanol–water partition coefficient (Wildman–Crippen LogP) is 13.7. The Morgan fingerprint density at radius 2 is 0.878 bits per heavy atom. The Hall–Kier alpha value is -6.44. The molecule has 1 heterocycles. The van der Waals surface area contributed by atoms with Gasteiger partial charge in [-0.1, -0.05) is 158 Å². The summed E-state index contributed by atoms with van der Waals surface area (Å²) in [4.78, 5) is 0. The molecule has 0 aliphatic heterocycles. The second kappa shape index (κ2) is 11.1. The monoisotopic (exact) mass is 622 g/mol. The fraction of sp³-hybridized carbons (Fsp3) is 0. The van der Waals surface area contributed by atoms with E-state index in [1.54, 1.807) is 0 Å². The molecular formula is C48H30O. The van der Waals surface area contributed by atoms with Gasteiger partial charge in [0.25, 0.3) is 0 Å². The first-order chi connectivity index (χ1) is 24.3. The average Bonchev–Trinajstić information content (AvgIpc) is 3.57. The molecule has 0 atom stereocenters. The molecule has 0 spiro atoms. The quantitative estimate of drug-likeness (QED) is 0.178. The van der Waals surface area contributed by atoms with E-state index in [9.17, 15) is 0 Å². The van der Waals surface area contributed by atoms with Crippen molar-refractivity contribution in [3.05, 3.63) is 182 Å². The molecule has 1 heteroatoms. The van der Waals surface area contributed by atoms with Gasteiger partial charge in [0.05, 0.1) is 0 Å². The van der Waals surface area contributed by atoms with Crippen LogP contribution in [0.15, 0.2) is 186 Å². The first-order valence-corrected chi connectivity index (χ1v) is 16.8. The van der Waals surface area contributed by atoms with E-state index in [2.05, 4.69) is 182 Å². The van der Waals surface area contributed by atoms with Crippen LogP contribution in [0.3, 0.4) is 0 Å². The van der Waals surface area contributed by atoms with E-state index in [4.69, 9.17) is 4.42 Å². The van der Waals surface area contributed by atoms with E-state index in [-0.39, 0.29) is 0 Å². The Morgan fingerprint density at radius 1 is 0.306 bits per heavy atom. The highest BCUT2D eigenvalue weighted by atomic mass is 16.3. The van der Waals surface area contributed by atoms with Crippen LogP contribution in [-0.4, -0.2) is 0 Å². The molecule has 0 fully saturated rings. The minimum atomic E-state index is 0.904. The molecule has 0 saturated heterocycles. The maximum absolute atomic E-state index is 6.68. The Bertz CT molecular complexity index is 2860. The Kier molecular flexibility index (Phi) is 6.25. The molecule has 0 saturated carbocycles. The lowest BCUT2D eigenvalue weighted by Gasteiger charge is -2.19. The van der Waals surface area contributed by atoms with Gasteiger partial charge in [-0.2, -0.15) is 0 Å². The third-order valence-electron chi connectivity index (χ3n) is 10.0. The van der Waals surface area contributed by atoms with Crippen molar-refractivity contribution in [1.82, 2.24) is 0 Å². The van der Waals surface area contributed by atoms with E-state index >= 15 is 0 Å². The summed E-state index contributed by atoms with van der Waals surface area (Å²) >= 11 is 0. The summed E-state index contributed by atoms with van der Waals surface area (Å²) < 4.78 is 6.68. The lowest BCUT2D eigenvalue weighted by atomic mass is 9.83.